The second-order valence-electron chi connectivity index (χ2n) is 5.78. The first kappa shape index (κ1) is 18.9. The van der Waals surface area contributed by atoms with E-state index in [1.165, 1.54) is 6.92 Å². The Morgan fingerprint density at radius 3 is 2.08 bits per heavy atom. The number of aliphatic hydroxyl groups is 1. The third-order valence-electron chi connectivity index (χ3n) is 4.34. The molecule has 0 bridgehead atoms. The molecule has 7 nitrogen and oxygen atoms in total. The molecule has 1 heterocycles. The number of likely N-dealkylation sites (tertiary alicyclic amines) is 1. The zero-order valence-electron chi connectivity index (χ0n) is 14.6. The Kier molecular flexibility index (Phi) is 5.79. The number of carbonyl (C=O) groups excluding carboxylic acids is 3. The molecular formula is C18H23NO6. The summed E-state index contributed by atoms with van der Waals surface area (Å²) in [5.41, 5.74) is -1.40. The van der Waals surface area contributed by atoms with Gasteiger partial charge in [0.1, 0.15) is 6.23 Å². The SMILES string of the molecule is CCOC(=O)C1(C(=O)OCC)[C@H](c2ccccc2)C[C@@H](O)N1C(C)=O. The van der Waals surface area contributed by atoms with Crippen molar-refractivity contribution in [1.82, 2.24) is 4.90 Å². The van der Waals surface area contributed by atoms with Crippen molar-refractivity contribution in [2.45, 2.75) is 44.9 Å². The highest BCUT2D eigenvalue weighted by Gasteiger charge is 2.66. The molecule has 25 heavy (non-hydrogen) atoms. The summed E-state index contributed by atoms with van der Waals surface area (Å²) < 4.78 is 10.3. The Morgan fingerprint density at radius 2 is 1.64 bits per heavy atom. The first-order valence-electron chi connectivity index (χ1n) is 8.28. The molecule has 0 aromatic heterocycles. The summed E-state index contributed by atoms with van der Waals surface area (Å²) in [6, 6.07) is 8.81. The van der Waals surface area contributed by atoms with Crippen LogP contribution in [0.2, 0.25) is 0 Å². The van der Waals surface area contributed by atoms with E-state index in [0.29, 0.717) is 5.56 Å². The van der Waals surface area contributed by atoms with Crippen molar-refractivity contribution < 1.29 is 29.0 Å². The number of hydrogen-bond acceptors (Lipinski definition) is 6. The summed E-state index contributed by atoms with van der Waals surface area (Å²) in [7, 11) is 0. The van der Waals surface area contributed by atoms with Gasteiger partial charge in [-0.15, -0.1) is 0 Å². The van der Waals surface area contributed by atoms with Crippen LogP contribution in [-0.2, 0) is 23.9 Å². The van der Waals surface area contributed by atoms with Gasteiger partial charge in [-0.3, -0.25) is 9.69 Å². The summed E-state index contributed by atoms with van der Waals surface area (Å²) in [6.45, 7) is 4.48. The number of aliphatic hydroxyl groups excluding tert-OH is 1. The van der Waals surface area contributed by atoms with Crippen molar-refractivity contribution in [3.05, 3.63) is 35.9 Å². The molecule has 1 aromatic rings. The fourth-order valence-corrected chi connectivity index (χ4v) is 3.46. The van der Waals surface area contributed by atoms with Crippen LogP contribution >= 0.6 is 0 Å². The molecule has 1 N–H and O–H groups in total. The van der Waals surface area contributed by atoms with E-state index in [1.807, 2.05) is 0 Å². The van der Waals surface area contributed by atoms with Crippen molar-refractivity contribution in [3.63, 3.8) is 0 Å². The molecule has 7 heteroatoms. The highest BCUT2D eigenvalue weighted by atomic mass is 16.6. The van der Waals surface area contributed by atoms with Gasteiger partial charge in [-0.25, -0.2) is 9.59 Å². The van der Waals surface area contributed by atoms with Crippen molar-refractivity contribution in [2.75, 3.05) is 13.2 Å². The fraction of sp³-hybridized carbons (Fsp3) is 0.500. The summed E-state index contributed by atoms with van der Waals surface area (Å²) >= 11 is 0. The van der Waals surface area contributed by atoms with Gasteiger partial charge in [0.25, 0.3) is 0 Å². The standard InChI is InChI=1S/C18H23NO6/c1-4-24-16(22)18(17(23)25-5-2)14(13-9-7-6-8-10-13)11-15(21)19(18)12(3)20/h6-10,14-15,21H,4-5,11H2,1-3H3/t14-,15+/m0/s1. The Morgan fingerprint density at radius 1 is 1.12 bits per heavy atom. The van der Waals surface area contributed by atoms with Gasteiger partial charge in [0, 0.05) is 19.3 Å². The van der Waals surface area contributed by atoms with Crippen LogP contribution in [0.3, 0.4) is 0 Å². The largest absolute Gasteiger partial charge is 0.464 e. The number of rotatable bonds is 5. The lowest BCUT2D eigenvalue weighted by molar-refractivity contribution is -0.182. The van der Waals surface area contributed by atoms with Crippen LogP contribution in [-0.4, -0.2) is 52.8 Å². The van der Waals surface area contributed by atoms with E-state index in [-0.39, 0.29) is 19.6 Å². The van der Waals surface area contributed by atoms with Gasteiger partial charge in [0.05, 0.1) is 13.2 Å². The van der Waals surface area contributed by atoms with E-state index in [9.17, 15) is 19.5 Å². The second-order valence-corrected chi connectivity index (χ2v) is 5.78. The van der Waals surface area contributed by atoms with Crippen LogP contribution < -0.4 is 0 Å². The highest BCUT2D eigenvalue weighted by molar-refractivity contribution is 6.09. The van der Waals surface area contributed by atoms with Gasteiger partial charge in [0.15, 0.2) is 0 Å². The number of ether oxygens (including phenoxy) is 2. The lowest BCUT2D eigenvalue weighted by atomic mass is 9.79. The van der Waals surface area contributed by atoms with E-state index in [4.69, 9.17) is 9.47 Å². The predicted octanol–water partition coefficient (Wildman–Crippen LogP) is 1.21. The molecule has 1 fully saturated rings. The molecule has 1 saturated heterocycles. The highest BCUT2D eigenvalue weighted by Crippen LogP contribution is 2.46. The Hall–Kier alpha value is -2.41. The number of benzene rings is 1. The normalized spacial score (nSPS) is 21.7. The molecule has 136 valence electrons. The quantitative estimate of drug-likeness (QED) is 0.634. The minimum absolute atomic E-state index is 0.0290. The van der Waals surface area contributed by atoms with Crippen LogP contribution in [0.15, 0.2) is 30.3 Å². The van der Waals surface area contributed by atoms with Crippen molar-refractivity contribution in [3.8, 4) is 0 Å². The maximum Gasteiger partial charge on any atom is 0.344 e. The van der Waals surface area contributed by atoms with Crippen LogP contribution in [0.4, 0.5) is 0 Å². The van der Waals surface area contributed by atoms with Crippen molar-refractivity contribution in [2.24, 2.45) is 0 Å². The number of hydrogen-bond donors (Lipinski definition) is 1. The van der Waals surface area contributed by atoms with Gasteiger partial charge in [-0.1, -0.05) is 30.3 Å². The van der Waals surface area contributed by atoms with Crippen LogP contribution in [0.1, 0.15) is 38.7 Å². The van der Waals surface area contributed by atoms with E-state index < -0.39 is 35.5 Å². The Balaban J connectivity index is 2.69. The zero-order valence-corrected chi connectivity index (χ0v) is 14.6. The van der Waals surface area contributed by atoms with E-state index in [0.717, 1.165) is 4.90 Å². The molecule has 1 aliphatic heterocycles. The van der Waals surface area contributed by atoms with E-state index in [2.05, 4.69) is 0 Å². The van der Waals surface area contributed by atoms with E-state index in [1.54, 1.807) is 44.2 Å². The lowest BCUT2D eigenvalue weighted by Gasteiger charge is -2.37. The van der Waals surface area contributed by atoms with Crippen LogP contribution in [0, 0.1) is 0 Å². The Labute approximate surface area is 146 Å². The minimum atomic E-state index is -2.04. The summed E-state index contributed by atoms with van der Waals surface area (Å²) in [5.74, 6) is -3.17. The fourth-order valence-electron chi connectivity index (χ4n) is 3.46. The summed E-state index contributed by atoms with van der Waals surface area (Å²) in [5, 5.41) is 10.5. The number of amides is 1. The van der Waals surface area contributed by atoms with E-state index >= 15 is 0 Å². The molecule has 2 rings (SSSR count). The summed E-state index contributed by atoms with van der Waals surface area (Å²) in [6.07, 6.45) is -1.27. The third kappa shape index (κ3) is 3.11. The van der Waals surface area contributed by atoms with Crippen LogP contribution in [0.5, 0.6) is 0 Å². The molecular weight excluding hydrogens is 326 g/mol. The Bertz CT molecular complexity index is 626. The molecule has 0 radical (unpaired) electrons. The van der Waals surface area contributed by atoms with Gasteiger partial charge in [0.2, 0.25) is 11.4 Å². The van der Waals surface area contributed by atoms with Crippen LogP contribution in [0.25, 0.3) is 0 Å². The van der Waals surface area contributed by atoms with Gasteiger partial charge in [-0.05, 0) is 19.4 Å². The smallest absolute Gasteiger partial charge is 0.344 e. The second kappa shape index (κ2) is 7.65. The van der Waals surface area contributed by atoms with Crippen molar-refractivity contribution >= 4 is 17.8 Å². The maximum atomic E-state index is 12.9. The lowest BCUT2D eigenvalue weighted by Crippen LogP contribution is -2.63. The van der Waals surface area contributed by atoms with Gasteiger partial charge in [-0.2, -0.15) is 0 Å². The molecule has 0 unspecified atom stereocenters. The molecule has 0 aliphatic carbocycles. The monoisotopic (exact) mass is 349 g/mol. The number of carbonyl (C=O) groups is 3. The molecule has 1 amide bonds. The van der Waals surface area contributed by atoms with Crippen molar-refractivity contribution in [1.29, 1.82) is 0 Å². The topological polar surface area (TPSA) is 93.1 Å². The maximum absolute atomic E-state index is 12.9. The molecule has 2 atom stereocenters. The first-order chi connectivity index (χ1) is 11.9. The molecule has 0 spiro atoms. The minimum Gasteiger partial charge on any atom is -0.464 e. The van der Waals surface area contributed by atoms with Gasteiger partial charge < -0.3 is 14.6 Å². The molecule has 0 saturated carbocycles. The average Bonchev–Trinajstić information content (AvgIpc) is 2.90. The van der Waals surface area contributed by atoms with Gasteiger partial charge >= 0.3 is 11.9 Å². The predicted molar refractivity (Wildman–Crippen MR) is 88.3 cm³/mol. The molecule has 1 aliphatic rings. The first-order valence-corrected chi connectivity index (χ1v) is 8.28. The summed E-state index contributed by atoms with van der Waals surface area (Å²) in [4.78, 5) is 38.9. The number of esters is 2. The number of nitrogens with zero attached hydrogens (tertiary/aromatic N) is 1. The average molecular weight is 349 g/mol. The molecule has 1 aromatic carbocycles. The third-order valence-corrected chi connectivity index (χ3v) is 4.34. The zero-order chi connectivity index (χ0) is 18.6.